The van der Waals surface area contributed by atoms with Gasteiger partial charge in [0.05, 0.1) is 0 Å². The van der Waals surface area contributed by atoms with Crippen molar-refractivity contribution in [2.24, 2.45) is 0 Å². The number of ether oxygens (including phenoxy) is 1. The maximum absolute atomic E-state index is 12.8. The van der Waals surface area contributed by atoms with Crippen LogP contribution in [0.1, 0.15) is 26.3 Å². The number of hydrogen-bond acceptors (Lipinski definition) is 4. The van der Waals surface area contributed by atoms with Gasteiger partial charge in [0.2, 0.25) is 5.91 Å². The summed E-state index contributed by atoms with van der Waals surface area (Å²) in [5.74, 6) is -0.513. The fourth-order valence-electron chi connectivity index (χ4n) is 2.56. The van der Waals surface area contributed by atoms with Crippen LogP contribution in [0.5, 0.6) is 0 Å². The fourth-order valence-corrected chi connectivity index (χ4v) is 2.56. The summed E-state index contributed by atoms with van der Waals surface area (Å²) in [4.78, 5) is 39.8. The van der Waals surface area contributed by atoms with Crippen molar-refractivity contribution in [1.29, 1.82) is 0 Å². The number of alkyl carbamates (subject to hydrolysis) is 1. The van der Waals surface area contributed by atoms with Crippen molar-refractivity contribution >= 4 is 23.6 Å². The van der Waals surface area contributed by atoms with Crippen LogP contribution >= 0.6 is 0 Å². The van der Waals surface area contributed by atoms with E-state index in [1.807, 2.05) is 18.2 Å². The molecule has 1 atom stereocenters. The molecule has 25 heavy (non-hydrogen) atoms. The molecular weight excluding hydrogens is 322 g/mol. The number of carbonyl (C=O) groups excluding carboxylic acids is 3. The molecule has 0 unspecified atom stereocenters. The topological polar surface area (TPSA) is 79.0 Å². The Morgan fingerprint density at radius 2 is 1.92 bits per heavy atom. The van der Waals surface area contributed by atoms with Gasteiger partial charge in [0.25, 0.3) is 5.91 Å². The summed E-state index contributed by atoms with van der Waals surface area (Å²) in [6, 6.07) is 6.62. The zero-order chi connectivity index (χ0) is 18.8. The lowest BCUT2D eigenvalue weighted by Crippen LogP contribution is -2.55. The highest BCUT2D eigenvalue weighted by Crippen LogP contribution is 2.27. The van der Waals surface area contributed by atoms with Gasteiger partial charge in [0.15, 0.2) is 0 Å². The molecular formula is C18H25N3O4. The molecule has 1 aliphatic rings. The first-order valence-electron chi connectivity index (χ1n) is 8.17. The molecule has 0 spiro atoms. The molecule has 0 saturated heterocycles. The van der Waals surface area contributed by atoms with E-state index in [1.165, 1.54) is 9.80 Å². The highest BCUT2D eigenvalue weighted by molar-refractivity contribution is 6.05. The third kappa shape index (κ3) is 4.71. The number of benzene rings is 1. The number of carbonyl (C=O) groups is 3. The molecule has 1 aromatic carbocycles. The van der Waals surface area contributed by atoms with Gasteiger partial charge in [-0.25, -0.2) is 4.79 Å². The zero-order valence-corrected chi connectivity index (χ0v) is 15.3. The lowest BCUT2D eigenvalue weighted by molar-refractivity contribution is -0.129. The smallest absolute Gasteiger partial charge is 0.408 e. The predicted octanol–water partition coefficient (Wildman–Crippen LogP) is 1.56. The van der Waals surface area contributed by atoms with E-state index in [2.05, 4.69) is 5.32 Å². The molecule has 0 saturated carbocycles. The molecule has 0 aliphatic carbocycles. The van der Waals surface area contributed by atoms with E-state index in [0.29, 0.717) is 12.1 Å². The number of nitrogens with zero attached hydrogens (tertiary/aromatic N) is 2. The van der Waals surface area contributed by atoms with Gasteiger partial charge < -0.3 is 19.9 Å². The predicted molar refractivity (Wildman–Crippen MR) is 94.4 cm³/mol. The van der Waals surface area contributed by atoms with Gasteiger partial charge >= 0.3 is 6.09 Å². The van der Waals surface area contributed by atoms with E-state index in [-0.39, 0.29) is 18.4 Å². The highest BCUT2D eigenvalue weighted by Gasteiger charge is 2.35. The second kappa shape index (κ2) is 7.13. The van der Waals surface area contributed by atoms with E-state index < -0.39 is 17.7 Å². The minimum absolute atomic E-state index is 0.0741. The Bertz CT molecular complexity index is 679. The molecule has 7 heteroatoms. The number of anilines is 1. The Hall–Kier alpha value is -2.57. The normalized spacial score (nSPS) is 16.9. The summed E-state index contributed by atoms with van der Waals surface area (Å²) in [6.45, 7) is 5.20. The average molecular weight is 347 g/mol. The van der Waals surface area contributed by atoms with Gasteiger partial charge in [-0.05, 0) is 32.4 Å². The quantitative estimate of drug-likeness (QED) is 0.900. The first-order chi connectivity index (χ1) is 11.6. The van der Waals surface area contributed by atoms with Gasteiger partial charge in [-0.15, -0.1) is 0 Å². The van der Waals surface area contributed by atoms with Crippen molar-refractivity contribution in [1.82, 2.24) is 10.2 Å². The van der Waals surface area contributed by atoms with Crippen molar-refractivity contribution in [2.75, 3.05) is 25.5 Å². The number of nitrogens with one attached hydrogen (secondary N) is 1. The summed E-state index contributed by atoms with van der Waals surface area (Å²) in [5.41, 5.74) is 0.944. The number of rotatable bonds is 3. The van der Waals surface area contributed by atoms with E-state index >= 15 is 0 Å². The summed E-state index contributed by atoms with van der Waals surface area (Å²) in [7, 11) is 3.28. The molecule has 2 rings (SSSR count). The van der Waals surface area contributed by atoms with Crippen LogP contribution in [0, 0.1) is 0 Å². The van der Waals surface area contributed by atoms with Crippen LogP contribution in [0.25, 0.3) is 0 Å². The Labute approximate surface area is 147 Å². The number of hydrogen-bond donors (Lipinski definition) is 1. The van der Waals surface area contributed by atoms with E-state index in [1.54, 1.807) is 40.9 Å². The third-order valence-corrected chi connectivity index (χ3v) is 3.75. The van der Waals surface area contributed by atoms with E-state index in [4.69, 9.17) is 4.74 Å². The molecule has 0 radical (unpaired) electrons. The Kier molecular flexibility index (Phi) is 5.35. The molecule has 3 amide bonds. The lowest BCUT2D eigenvalue weighted by Gasteiger charge is -2.34. The van der Waals surface area contributed by atoms with Gasteiger partial charge in [0, 0.05) is 26.2 Å². The van der Waals surface area contributed by atoms with E-state index in [9.17, 15) is 14.4 Å². The third-order valence-electron chi connectivity index (χ3n) is 3.75. The lowest BCUT2D eigenvalue weighted by atomic mass is 9.97. The Balaban J connectivity index is 2.23. The van der Waals surface area contributed by atoms with Crippen molar-refractivity contribution in [3.63, 3.8) is 0 Å². The van der Waals surface area contributed by atoms with Crippen molar-refractivity contribution in [3.8, 4) is 0 Å². The highest BCUT2D eigenvalue weighted by atomic mass is 16.6. The SMILES string of the molecule is CN(C)C(=O)CN1C(=O)[C@@H](NC(=O)OC(C)(C)C)Cc2ccccc21. The summed E-state index contributed by atoms with van der Waals surface area (Å²) in [5, 5.41) is 2.62. The second-order valence-corrected chi connectivity index (χ2v) is 7.24. The standard InChI is InChI=1S/C18H25N3O4/c1-18(2,3)25-17(24)19-13-10-12-8-6-7-9-14(12)21(16(13)23)11-15(22)20(4)5/h6-9,13H,10-11H2,1-5H3,(H,19,24)/t13-/m0/s1. The van der Waals surface area contributed by atoms with Crippen LogP contribution in [0.4, 0.5) is 10.5 Å². The molecule has 0 aromatic heterocycles. The molecule has 1 N–H and O–H groups in total. The van der Waals surface area contributed by atoms with Crippen LogP contribution < -0.4 is 10.2 Å². The molecule has 1 aliphatic heterocycles. The van der Waals surface area contributed by atoms with Crippen LogP contribution in [0.2, 0.25) is 0 Å². The molecule has 1 aromatic rings. The molecule has 7 nitrogen and oxygen atoms in total. The monoisotopic (exact) mass is 347 g/mol. The van der Waals surface area contributed by atoms with Crippen molar-refractivity contribution in [3.05, 3.63) is 29.8 Å². The first kappa shape index (κ1) is 18.8. The molecule has 0 bridgehead atoms. The number of para-hydroxylation sites is 1. The number of likely N-dealkylation sites (N-methyl/N-ethyl adjacent to an activating group) is 1. The van der Waals surface area contributed by atoms with E-state index in [0.717, 1.165) is 5.56 Å². The van der Waals surface area contributed by atoms with Gasteiger partial charge in [-0.3, -0.25) is 9.59 Å². The minimum Gasteiger partial charge on any atom is -0.444 e. The summed E-state index contributed by atoms with van der Waals surface area (Å²) >= 11 is 0. The van der Waals surface area contributed by atoms with Crippen LogP contribution in [-0.4, -0.2) is 55.1 Å². The molecule has 0 fully saturated rings. The zero-order valence-electron chi connectivity index (χ0n) is 15.3. The maximum Gasteiger partial charge on any atom is 0.408 e. The number of amides is 3. The Morgan fingerprint density at radius 3 is 2.52 bits per heavy atom. The average Bonchev–Trinajstić information content (AvgIpc) is 2.49. The van der Waals surface area contributed by atoms with Crippen molar-refractivity contribution in [2.45, 2.75) is 38.8 Å². The molecule has 1 heterocycles. The van der Waals surface area contributed by atoms with Gasteiger partial charge in [-0.1, -0.05) is 18.2 Å². The number of fused-ring (bicyclic) bond motifs is 1. The minimum atomic E-state index is -0.764. The summed E-state index contributed by atoms with van der Waals surface area (Å²) in [6.07, 6.45) is -0.287. The first-order valence-corrected chi connectivity index (χ1v) is 8.17. The van der Waals surface area contributed by atoms with Gasteiger partial charge in [0.1, 0.15) is 18.2 Å². The van der Waals surface area contributed by atoms with Gasteiger partial charge in [-0.2, -0.15) is 0 Å². The van der Waals surface area contributed by atoms with Crippen LogP contribution in [-0.2, 0) is 20.7 Å². The van der Waals surface area contributed by atoms with Crippen LogP contribution in [0.15, 0.2) is 24.3 Å². The van der Waals surface area contributed by atoms with Crippen molar-refractivity contribution < 1.29 is 19.1 Å². The Morgan fingerprint density at radius 1 is 1.28 bits per heavy atom. The fraction of sp³-hybridized carbons (Fsp3) is 0.500. The maximum atomic E-state index is 12.8. The van der Waals surface area contributed by atoms with Crippen LogP contribution in [0.3, 0.4) is 0 Å². The largest absolute Gasteiger partial charge is 0.444 e. The summed E-state index contributed by atoms with van der Waals surface area (Å²) < 4.78 is 5.24. The molecule has 136 valence electrons. The second-order valence-electron chi connectivity index (χ2n) is 7.24.